The summed E-state index contributed by atoms with van der Waals surface area (Å²) in [6, 6.07) is 1.94. The molecule has 1 aromatic rings. The van der Waals surface area contributed by atoms with Crippen LogP contribution in [0.4, 0.5) is 5.00 Å². The highest BCUT2D eigenvalue weighted by Gasteiger charge is 2.18. The van der Waals surface area contributed by atoms with Gasteiger partial charge in [0.05, 0.1) is 5.00 Å². The van der Waals surface area contributed by atoms with Gasteiger partial charge in [-0.05, 0) is 11.4 Å². The van der Waals surface area contributed by atoms with E-state index < -0.39 is 12.1 Å². The molecule has 1 aromatic heterocycles. The van der Waals surface area contributed by atoms with Gasteiger partial charge in [0, 0.05) is 11.8 Å². The van der Waals surface area contributed by atoms with Crippen molar-refractivity contribution in [3.63, 3.8) is 0 Å². The second kappa shape index (κ2) is 2.60. The first kappa shape index (κ1) is 7.30. The van der Waals surface area contributed by atoms with E-state index in [0.717, 1.165) is 10.6 Å². The molecule has 0 aliphatic carbocycles. The number of nitrogens with one attached hydrogen (secondary N) is 1. The Morgan fingerprint density at radius 2 is 2.58 bits per heavy atom. The van der Waals surface area contributed by atoms with E-state index >= 15 is 0 Å². The van der Waals surface area contributed by atoms with Crippen LogP contribution in [0.15, 0.2) is 16.4 Å². The Balaban J connectivity index is 2.30. The lowest BCUT2D eigenvalue weighted by Crippen LogP contribution is -2.35. The number of carbonyl (C=O) groups is 1. The second-order valence-corrected chi connectivity index (χ2v) is 3.35. The average molecular weight is 181 g/mol. The van der Waals surface area contributed by atoms with Crippen LogP contribution in [0.5, 0.6) is 0 Å². The molecule has 1 unspecified atom stereocenters. The van der Waals surface area contributed by atoms with E-state index in [9.17, 15) is 4.79 Å². The molecule has 0 saturated carbocycles. The van der Waals surface area contributed by atoms with Crippen LogP contribution in [0.1, 0.15) is 5.56 Å². The average Bonchev–Trinajstić information content (AvgIpc) is 2.49. The SMILES string of the molecule is NC(=O)C1N=Cc2ccsc2N1. The number of nitrogens with two attached hydrogens (primary N) is 1. The number of aliphatic imine (C=N–C) groups is 1. The van der Waals surface area contributed by atoms with Crippen LogP contribution in [0.3, 0.4) is 0 Å². The van der Waals surface area contributed by atoms with Gasteiger partial charge >= 0.3 is 0 Å². The van der Waals surface area contributed by atoms with Gasteiger partial charge in [-0.25, -0.2) is 0 Å². The van der Waals surface area contributed by atoms with E-state index in [1.165, 1.54) is 11.3 Å². The first-order chi connectivity index (χ1) is 5.77. The maximum atomic E-state index is 10.7. The molecule has 1 amide bonds. The molecule has 1 atom stereocenters. The summed E-state index contributed by atoms with van der Waals surface area (Å²) < 4.78 is 0. The number of hydrogen-bond donors (Lipinski definition) is 2. The predicted molar refractivity (Wildman–Crippen MR) is 48.5 cm³/mol. The molecule has 3 N–H and O–H groups in total. The van der Waals surface area contributed by atoms with E-state index in [4.69, 9.17) is 5.73 Å². The van der Waals surface area contributed by atoms with Gasteiger partial charge in [-0.15, -0.1) is 11.3 Å². The number of primary amides is 1. The lowest BCUT2D eigenvalue weighted by molar-refractivity contribution is -0.118. The molecular weight excluding hydrogens is 174 g/mol. The molecule has 12 heavy (non-hydrogen) atoms. The highest BCUT2D eigenvalue weighted by Crippen LogP contribution is 2.25. The van der Waals surface area contributed by atoms with Crippen molar-refractivity contribution >= 4 is 28.5 Å². The normalized spacial score (nSPS) is 19.8. The summed E-state index contributed by atoms with van der Waals surface area (Å²) in [4.78, 5) is 14.7. The number of thiophene rings is 1. The molecule has 0 spiro atoms. The summed E-state index contributed by atoms with van der Waals surface area (Å²) in [6.45, 7) is 0. The van der Waals surface area contributed by atoms with Crippen LogP contribution in [0, 0.1) is 0 Å². The van der Waals surface area contributed by atoms with E-state index in [-0.39, 0.29) is 0 Å². The van der Waals surface area contributed by atoms with Gasteiger partial charge in [0.25, 0.3) is 5.91 Å². The van der Waals surface area contributed by atoms with Crippen LogP contribution >= 0.6 is 11.3 Å². The Labute approximate surface area is 73.1 Å². The Morgan fingerprint density at radius 1 is 1.75 bits per heavy atom. The van der Waals surface area contributed by atoms with Crippen molar-refractivity contribution in [1.29, 1.82) is 0 Å². The Bertz CT molecular complexity index is 344. The minimum Gasteiger partial charge on any atom is -0.366 e. The number of anilines is 1. The van der Waals surface area contributed by atoms with E-state index in [1.807, 2.05) is 11.4 Å². The monoisotopic (exact) mass is 181 g/mol. The molecule has 0 fully saturated rings. The van der Waals surface area contributed by atoms with Crippen molar-refractivity contribution in [3.8, 4) is 0 Å². The molecule has 0 bridgehead atoms. The third-order valence-electron chi connectivity index (χ3n) is 1.60. The second-order valence-electron chi connectivity index (χ2n) is 2.43. The number of nitrogens with zero attached hydrogens (tertiary/aromatic N) is 1. The summed E-state index contributed by atoms with van der Waals surface area (Å²) in [5.41, 5.74) is 6.09. The van der Waals surface area contributed by atoms with Gasteiger partial charge < -0.3 is 11.1 Å². The molecule has 0 radical (unpaired) electrons. The number of carbonyl (C=O) groups excluding carboxylic acids is 1. The maximum Gasteiger partial charge on any atom is 0.262 e. The fourth-order valence-electron chi connectivity index (χ4n) is 0.999. The molecule has 0 saturated heterocycles. The quantitative estimate of drug-likeness (QED) is 0.658. The van der Waals surface area contributed by atoms with E-state index in [1.54, 1.807) is 6.21 Å². The molecule has 1 aliphatic heterocycles. The standard InChI is InChI=1S/C7H7N3OS/c8-5(11)6-9-3-4-1-2-12-7(4)10-6/h1-3,6,10H,(H2,8,11). The molecule has 4 nitrogen and oxygen atoms in total. The summed E-state index contributed by atoms with van der Waals surface area (Å²) in [6.07, 6.45) is 1.06. The van der Waals surface area contributed by atoms with E-state index in [2.05, 4.69) is 10.3 Å². The zero-order chi connectivity index (χ0) is 8.55. The Morgan fingerprint density at radius 3 is 3.33 bits per heavy atom. The molecule has 0 aromatic carbocycles. The van der Waals surface area contributed by atoms with E-state index in [0.29, 0.717) is 0 Å². The van der Waals surface area contributed by atoms with Crippen molar-refractivity contribution in [1.82, 2.24) is 0 Å². The third-order valence-corrected chi connectivity index (χ3v) is 2.46. The lowest BCUT2D eigenvalue weighted by Gasteiger charge is -2.15. The van der Waals surface area contributed by atoms with Crippen molar-refractivity contribution < 1.29 is 4.79 Å². The van der Waals surface area contributed by atoms with Crippen molar-refractivity contribution in [2.24, 2.45) is 10.7 Å². The minimum atomic E-state index is -0.601. The van der Waals surface area contributed by atoms with Gasteiger partial charge in [0.15, 0.2) is 6.17 Å². The molecule has 2 heterocycles. The van der Waals surface area contributed by atoms with Gasteiger partial charge in [-0.3, -0.25) is 9.79 Å². The van der Waals surface area contributed by atoms with Crippen LogP contribution < -0.4 is 11.1 Å². The summed E-state index contributed by atoms with van der Waals surface area (Å²) in [7, 11) is 0. The Kier molecular flexibility index (Phi) is 1.58. The van der Waals surface area contributed by atoms with Crippen LogP contribution in [0.25, 0.3) is 0 Å². The number of fused-ring (bicyclic) bond motifs is 1. The zero-order valence-electron chi connectivity index (χ0n) is 6.15. The molecule has 2 rings (SSSR count). The van der Waals surface area contributed by atoms with Gasteiger partial charge in [0.1, 0.15) is 0 Å². The third kappa shape index (κ3) is 1.08. The van der Waals surface area contributed by atoms with Crippen molar-refractivity contribution in [3.05, 3.63) is 17.0 Å². The Hall–Kier alpha value is -1.36. The smallest absolute Gasteiger partial charge is 0.262 e. The number of hydrogen-bond acceptors (Lipinski definition) is 4. The topological polar surface area (TPSA) is 67.5 Å². The minimum absolute atomic E-state index is 0.453. The van der Waals surface area contributed by atoms with Crippen LogP contribution in [-0.4, -0.2) is 18.3 Å². The first-order valence-electron chi connectivity index (χ1n) is 3.44. The summed E-state index contributed by atoms with van der Waals surface area (Å²) in [5.74, 6) is -0.453. The number of rotatable bonds is 1. The van der Waals surface area contributed by atoms with Gasteiger partial charge in [0.2, 0.25) is 0 Å². The van der Waals surface area contributed by atoms with Gasteiger partial charge in [-0.2, -0.15) is 0 Å². The maximum absolute atomic E-state index is 10.7. The fraction of sp³-hybridized carbons (Fsp3) is 0.143. The summed E-state index contributed by atoms with van der Waals surface area (Å²) in [5, 5.41) is 5.81. The van der Waals surface area contributed by atoms with Crippen LogP contribution in [-0.2, 0) is 4.79 Å². The highest BCUT2D eigenvalue weighted by molar-refractivity contribution is 7.14. The number of amides is 1. The summed E-state index contributed by atoms with van der Waals surface area (Å²) >= 11 is 1.54. The van der Waals surface area contributed by atoms with Crippen molar-refractivity contribution in [2.45, 2.75) is 6.17 Å². The first-order valence-corrected chi connectivity index (χ1v) is 4.32. The molecule has 5 heteroatoms. The van der Waals surface area contributed by atoms with Crippen LogP contribution in [0.2, 0.25) is 0 Å². The van der Waals surface area contributed by atoms with Gasteiger partial charge in [-0.1, -0.05) is 0 Å². The molecule has 1 aliphatic rings. The highest BCUT2D eigenvalue weighted by atomic mass is 32.1. The fourth-order valence-corrected chi connectivity index (χ4v) is 1.79. The predicted octanol–water partition coefficient (Wildman–Crippen LogP) is 0.404. The lowest BCUT2D eigenvalue weighted by atomic mass is 10.3. The van der Waals surface area contributed by atoms with Crippen molar-refractivity contribution in [2.75, 3.05) is 5.32 Å². The molecular formula is C7H7N3OS. The largest absolute Gasteiger partial charge is 0.366 e. The zero-order valence-corrected chi connectivity index (χ0v) is 6.97. The molecule has 62 valence electrons.